The van der Waals surface area contributed by atoms with Gasteiger partial charge in [-0.1, -0.05) is 78.0 Å². The lowest BCUT2D eigenvalue weighted by molar-refractivity contribution is 0.169. The molecule has 0 saturated heterocycles. The largest absolute Gasteiger partial charge is 0.472 e. The highest BCUT2D eigenvalue weighted by Gasteiger charge is 2.29. The topological polar surface area (TPSA) is 56.3 Å². The second-order valence-electron chi connectivity index (χ2n) is 8.91. The van der Waals surface area contributed by atoms with Gasteiger partial charge in [-0.3, -0.25) is 4.90 Å². The van der Waals surface area contributed by atoms with Gasteiger partial charge in [0.25, 0.3) is 0 Å². The minimum absolute atomic E-state index is 0.337. The van der Waals surface area contributed by atoms with Gasteiger partial charge in [-0.05, 0) is 36.6 Å². The van der Waals surface area contributed by atoms with Crippen molar-refractivity contribution in [2.45, 2.75) is 26.6 Å². The third kappa shape index (κ3) is 3.96. The van der Waals surface area contributed by atoms with Gasteiger partial charge in [0, 0.05) is 41.8 Å². The monoisotopic (exact) mass is 474 g/mol. The molecule has 3 aromatic carbocycles. The van der Waals surface area contributed by atoms with Gasteiger partial charge >= 0.3 is 0 Å². The fraction of sp³-hybridized carbons (Fsp3) is 0.133. The molecule has 0 radical (unpaired) electrons. The molecule has 6 heteroatoms. The van der Waals surface area contributed by atoms with Crippen LogP contribution in [0.4, 0.5) is 5.88 Å². The molecule has 1 atom stereocenters. The van der Waals surface area contributed by atoms with Gasteiger partial charge in [0.05, 0.1) is 5.69 Å². The van der Waals surface area contributed by atoms with Crippen molar-refractivity contribution in [2.75, 3.05) is 4.90 Å². The molecule has 0 bridgehead atoms. The predicted molar refractivity (Wildman–Crippen MR) is 140 cm³/mol. The van der Waals surface area contributed by atoms with E-state index in [9.17, 15) is 0 Å². The van der Waals surface area contributed by atoms with Crippen LogP contribution in [-0.2, 0) is 11.3 Å². The van der Waals surface area contributed by atoms with E-state index in [4.69, 9.17) is 9.26 Å². The molecule has 0 fully saturated rings. The first-order chi connectivity index (χ1) is 17.7. The molecule has 0 saturated carbocycles. The van der Waals surface area contributed by atoms with Crippen molar-refractivity contribution in [1.29, 1.82) is 0 Å². The van der Waals surface area contributed by atoms with Crippen LogP contribution in [0.3, 0.4) is 0 Å². The molecule has 2 aromatic heterocycles. The standard InChI is InChI=1S/C30H26N4O2/c1-21-22(2)32-36-29(21)34-17-18-35-30(34)25-13-14-27(23-9-5-3-6-10-23)26(19-25)20-33-16-15-31-28(33)24-11-7-4-8-12-24/h3-19,30H,20H2,1-2H3. The van der Waals surface area contributed by atoms with Crippen LogP contribution in [-0.4, -0.2) is 14.7 Å². The minimum Gasteiger partial charge on any atom is -0.472 e. The Morgan fingerprint density at radius 1 is 0.889 bits per heavy atom. The van der Waals surface area contributed by atoms with Gasteiger partial charge in [0.15, 0.2) is 0 Å². The van der Waals surface area contributed by atoms with Gasteiger partial charge in [-0.25, -0.2) is 4.98 Å². The molecule has 5 aromatic rings. The van der Waals surface area contributed by atoms with Crippen molar-refractivity contribution < 1.29 is 9.26 Å². The van der Waals surface area contributed by atoms with Crippen molar-refractivity contribution in [1.82, 2.24) is 14.7 Å². The van der Waals surface area contributed by atoms with Crippen LogP contribution in [0.25, 0.3) is 22.5 Å². The Hall–Kier alpha value is -4.58. The van der Waals surface area contributed by atoms with Crippen molar-refractivity contribution >= 4 is 5.88 Å². The lowest BCUT2D eigenvalue weighted by Crippen LogP contribution is -2.20. The highest BCUT2D eigenvalue weighted by Crippen LogP contribution is 2.37. The Kier molecular flexibility index (Phi) is 5.62. The molecule has 6 rings (SSSR count). The van der Waals surface area contributed by atoms with E-state index in [-0.39, 0.29) is 6.23 Å². The predicted octanol–water partition coefficient (Wildman–Crippen LogP) is 6.88. The van der Waals surface area contributed by atoms with Crippen LogP contribution in [0.2, 0.25) is 0 Å². The summed E-state index contributed by atoms with van der Waals surface area (Å²) >= 11 is 0. The summed E-state index contributed by atoms with van der Waals surface area (Å²) in [6.07, 6.45) is 7.15. The fourth-order valence-corrected chi connectivity index (χ4v) is 4.64. The number of anilines is 1. The number of hydrogen-bond donors (Lipinski definition) is 0. The summed E-state index contributed by atoms with van der Waals surface area (Å²) in [4.78, 5) is 6.64. The maximum absolute atomic E-state index is 6.04. The van der Waals surface area contributed by atoms with E-state index in [1.54, 1.807) is 6.26 Å². The van der Waals surface area contributed by atoms with Crippen molar-refractivity contribution in [3.8, 4) is 22.5 Å². The average molecular weight is 475 g/mol. The van der Waals surface area contributed by atoms with Crippen LogP contribution in [0.15, 0.2) is 108 Å². The number of aryl methyl sites for hydroxylation is 1. The molecular weight excluding hydrogens is 448 g/mol. The van der Waals surface area contributed by atoms with Crippen LogP contribution >= 0.6 is 0 Å². The molecule has 178 valence electrons. The van der Waals surface area contributed by atoms with E-state index in [0.717, 1.165) is 28.2 Å². The second kappa shape index (κ2) is 9.23. The average Bonchev–Trinajstić information content (AvgIpc) is 3.66. The van der Waals surface area contributed by atoms with Crippen LogP contribution in [0.5, 0.6) is 0 Å². The lowest BCUT2D eigenvalue weighted by Gasteiger charge is -2.24. The maximum atomic E-state index is 6.04. The highest BCUT2D eigenvalue weighted by atomic mass is 16.5. The number of ether oxygens (including phenoxy) is 1. The van der Waals surface area contributed by atoms with E-state index in [0.29, 0.717) is 12.4 Å². The number of rotatable bonds is 6. The summed E-state index contributed by atoms with van der Waals surface area (Å²) in [6.45, 7) is 4.63. The van der Waals surface area contributed by atoms with E-state index >= 15 is 0 Å². The molecule has 0 N–H and O–H groups in total. The van der Waals surface area contributed by atoms with Gasteiger partial charge in [-0.15, -0.1) is 0 Å². The first-order valence-electron chi connectivity index (χ1n) is 12.0. The first kappa shape index (κ1) is 21.9. The van der Waals surface area contributed by atoms with E-state index in [1.807, 2.05) is 61.6 Å². The quantitative estimate of drug-likeness (QED) is 0.269. The molecule has 0 amide bonds. The molecule has 0 aliphatic carbocycles. The molecule has 3 heterocycles. The molecule has 36 heavy (non-hydrogen) atoms. The summed E-state index contributed by atoms with van der Waals surface area (Å²) < 4.78 is 13.9. The highest BCUT2D eigenvalue weighted by molar-refractivity contribution is 5.68. The number of aromatic nitrogens is 3. The number of hydrogen-bond acceptors (Lipinski definition) is 5. The SMILES string of the molecule is Cc1noc(N2C=COC2c2ccc(-c3ccccc3)c(Cn3ccnc3-c3ccccc3)c2)c1C. The third-order valence-corrected chi connectivity index (χ3v) is 6.64. The lowest BCUT2D eigenvalue weighted by atomic mass is 9.96. The molecule has 1 aliphatic heterocycles. The summed E-state index contributed by atoms with van der Waals surface area (Å²) in [5, 5.41) is 4.13. The fourth-order valence-electron chi connectivity index (χ4n) is 4.64. The summed E-state index contributed by atoms with van der Waals surface area (Å²) in [5.74, 6) is 1.63. The molecular formula is C30H26N4O2. The Morgan fingerprint density at radius 3 is 2.36 bits per heavy atom. The van der Waals surface area contributed by atoms with Gasteiger partial charge in [0.1, 0.15) is 12.1 Å². The Balaban J connectivity index is 1.41. The normalized spacial score (nSPS) is 14.8. The van der Waals surface area contributed by atoms with E-state index in [1.165, 1.54) is 16.7 Å². The molecule has 1 aliphatic rings. The zero-order valence-electron chi connectivity index (χ0n) is 20.2. The summed E-state index contributed by atoms with van der Waals surface area (Å²) in [5.41, 5.74) is 7.52. The number of benzene rings is 3. The van der Waals surface area contributed by atoms with Crippen LogP contribution in [0, 0.1) is 13.8 Å². The van der Waals surface area contributed by atoms with Crippen molar-refractivity contribution in [3.05, 3.63) is 126 Å². The molecule has 6 nitrogen and oxygen atoms in total. The smallest absolute Gasteiger partial charge is 0.237 e. The van der Waals surface area contributed by atoms with Gasteiger partial charge in [0.2, 0.25) is 12.1 Å². The van der Waals surface area contributed by atoms with E-state index in [2.05, 4.69) is 69.3 Å². The molecule has 1 unspecified atom stereocenters. The van der Waals surface area contributed by atoms with Crippen molar-refractivity contribution in [3.63, 3.8) is 0 Å². The molecule has 0 spiro atoms. The van der Waals surface area contributed by atoms with Gasteiger partial charge in [-0.2, -0.15) is 0 Å². The zero-order chi connectivity index (χ0) is 24.5. The third-order valence-electron chi connectivity index (χ3n) is 6.64. The van der Waals surface area contributed by atoms with Crippen molar-refractivity contribution in [2.24, 2.45) is 0 Å². The number of imidazole rings is 1. The number of nitrogens with zero attached hydrogens (tertiary/aromatic N) is 4. The first-order valence-corrected chi connectivity index (χ1v) is 12.0. The summed E-state index contributed by atoms with van der Waals surface area (Å²) in [6, 6.07) is 27.3. The Bertz CT molecular complexity index is 1520. The van der Waals surface area contributed by atoms with E-state index < -0.39 is 0 Å². The zero-order valence-corrected chi connectivity index (χ0v) is 20.2. The Labute approximate surface area is 210 Å². The van der Waals surface area contributed by atoms with Crippen LogP contribution < -0.4 is 4.90 Å². The second-order valence-corrected chi connectivity index (χ2v) is 8.91. The maximum Gasteiger partial charge on any atom is 0.237 e. The minimum atomic E-state index is -0.337. The summed E-state index contributed by atoms with van der Waals surface area (Å²) in [7, 11) is 0. The van der Waals surface area contributed by atoms with Gasteiger partial charge < -0.3 is 13.8 Å². The Morgan fingerprint density at radius 2 is 1.64 bits per heavy atom. The van der Waals surface area contributed by atoms with Crippen LogP contribution in [0.1, 0.15) is 28.6 Å².